The second-order valence-electron chi connectivity index (χ2n) is 13.9. The van der Waals surface area contributed by atoms with Gasteiger partial charge in [-0.05, 0) is 61.3 Å². The van der Waals surface area contributed by atoms with Crippen molar-refractivity contribution >= 4 is 29.6 Å². The van der Waals surface area contributed by atoms with Gasteiger partial charge in [-0.2, -0.15) is 0 Å². The summed E-state index contributed by atoms with van der Waals surface area (Å²) in [5.74, 6) is -2.42. The fourth-order valence-corrected chi connectivity index (χ4v) is 6.31. The van der Waals surface area contributed by atoms with Crippen LogP contribution >= 0.6 is 0 Å². The Bertz CT molecular complexity index is 1280. The lowest BCUT2D eigenvalue weighted by molar-refractivity contribution is -0.146. The first-order valence-corrected chi connectivity index (χ1v) is 16.0. The van der Waals surface area contributed by atoms with Gasteiger partial charge < -0.3 is 30.2 Å². The molecular weight excluding hydrogens is 576 g/mol. The van der Waals surface area contributed by atoms with Crippen molar-refractivity contribution in [3.05, 3.63) is 48.6 Å². The third kappa shape index (κ3) is 8.04. The number of aliphatic carboxylic acids is 1. The van der Waals surface area contributed by atoms with Crippen LogP contribution in [0.5, 0.6) is 0 Å². The maximum Gasteiger partial charge on any atom is 0.408 e. The van der Waals surface area contributed by atoms with E-state index in [1.165, 1.54) is 4.90 Å². The number of carbonyl (C=O) groups is 4. The van der Waals surface area contributed by atoms with Gasteiger partial charge in [0.2, 0.25) is 11.8 Å². The Morgan fingerprint density at radius 3 is 2.38 bits per heavy atom. The van der Waals surface area contributed by atoms with Gasteiger partial charge in [0.1, 0.15) is 29.8 Å². The Morgan fingerprint density at radius 2 is 1.80 bits per heavy atom. The zero-order valence-corrected chi connectivity index (χ0v) is 27.1. The van der Waals surface area contributed by atoms with Crippen molar-refractivity contribution in [1.82, 2.24) is 15.5 Å². The van der Waals surface area contributed by atoms with Gasteiger partial charge in [-0.25, -0.2) is 9.59 Å². The summed E-state index contributed by atoms with van der Waals surface area (Å²) in [6.07, 6.45) is 4.51. The Hall–Kier alpha value is -3.89. The van der Waals surface area contributed by atoms with Crippen LogP contribution in [0.1, 0.15) is 85.1 Å². The lowest BCUT2D eigenvalue weighted by Gasteiger charge is -2.35. The van der Waals surface area contributed by atoms with E-state index in [9.17, 15) is 24.3 Å². The van der Waals surface area contributed by atoms with Gasteiger partial charge in [-0.3, -0.25) is 9.59 Å². The van der Waals surface area contributed by atoms with E-state index >= 15 is 0 Å². The normalized spacial score (nSPS) is 25.9. The number of carboxylic acids is 1. The Morgan fingerprint density at radius 1 is 1.13 bits per heavy atom. The Labute approximate surface area is 265 Å². The number of carboxylic acid groups (broad SMARTS) is 1. The highest BCUT2D eigenvalue weighted by Crippen LogP contribution is 2.46. The first kappa shape index (κ1) is 34.0. The maximum absolute atomic E-state index is 14.2. The van der Waals surface area contributed by atoms with Crippen LogP contribution in [0.25, 0.3) is 0 Å². The third-order valence-electron chi connectivity index (χ3n) is 9.00. The predicted molar refractivity (Wildman–Crippen MR) is 169 cm³/mol. The van der Waals surface area contributed by atoms with E-state index in [0.717, 1.165) is 37.0 Å². The smallest absolute Gasteiger partial charge is 0.408 e. The van der Waals surface area contributed by atoms with Gasteiger partial charge in [0, 0.05) is 6.42 Å². The van der Waals surface area contributed by atoms with E-state index in [4.69, 9.17) is 9.57 Å². The molecule has 0 unspecified atom stereocenters. The molecule has 0 spiro atoms. The molecule has 3 amide bonds. The van der Waals surface area contributed by atoms with Crippen LogP contribution in [-0.2, 0) is 24.0 Å². The molecule has 1 aromatic rings. The SMILES string of the molecule is C=CC[C@@H]1C[C@]1(NC(=O)[C@@H]1C[C@@H](O/N=C(/c2ccccc2)C(C)C)CN1C(=O)[C@@H](NC(=O)OC1CCCC1)C(C)(C)C)C(=O)O. The van der Waals surface area contributed by atoms with E-state index in [2.05, 4.69) is 22.4 Å². The summed E-state index contributed by atoms with van der Waals surface area (Å²) in [6, 6.07) is 7.58. The summed E-state index contributed by atoms with van der Waals surface area (Å²) in [4.78, 5) is 60.6. The number of alkyl carbamates (subject to hydrolysis) is 1. The molecule has 2 saturated carbocycles. The highest BCUT2D eigenvalue weighted by Gasteiger charge is 2.62. The van der Waals surface area contributed by atoms with E-state index in [1.54, 1.807) is 6.08 Å². The standard InChI is InChI=1S/C34H48N4O7/c1-7-13-23-19-34(23,31(41)42)36-29(39)26-18-25(45-37-27(21(2)3)22-14-9-8-10-15-22)20-38(26)30(40)28(33(4,5)6)35-32(43)44-24-16-11-12-17-24/h7-10,14-15,21,23-26,28H,1,11-13,16-20H2,2-6H3,(H,35,43)(H,36,39)(H,41,42)/b37-27+/t23-,25-,26+,28-,34-/m1/s1. The van der Waals surface area contributed by atoms with E-state index in [1.807, 2.05) is 65.0 Å². The topological polar surface area (TPSA) is 147 Å². The molecule has 246 valence electrons. The van der Waals surface area contributed by atoms with Crippen LogP contribution in [0.3, 0.4) is 0 Å². The largest absolute Gasteiger partial charge is 0.479 e. The molecule has 11 nitrogen and oxygen atoms in total. The van der Waals surface area contributed by atoms with Crippen molar-refractivity contribution in [2.75, 3.05) is 6.54 Å². The van der Waals surface area contributed by atoms with Gasteiger partial charge in [0.15, 0.2) is 0 Å². The third-order valence-corrected chi connectivity index (χ3v) is 9.00. The number of rotatable bonds is 12. The molecule has 0 aromatic heterocycles. The van der Waals surface area contributed by atoms with Crippen molar-refractivity contribution in [2.24, 2.45) is 22.4 Å². The van der Waals surface area contributed by atoms with Gasteiger partial charge in [0.25, 0.3) is 0 Å². The molecule has 11 heteroatoms. The van der Waals surface area contributed by atoms with Crippen LogP contribution in [-0.4, -0.2) is 76.0 Å². The monoisotopic (exact) mass is 624 g/mol. The molecule has 0 radical (unpaired) electrons. The van der Waals surface area contributed by atoms with Crippen LogP contribution in [0.4, 0.5) is 4.79 Å². The average Bonchev–Trinajstić information content (AvgIpc) is 3.28. The van der Waals surface area contributed by atoms with Gasteiger partial charge in [-0.1, -0.05) is 76.2 Å². The lowest BCUT2D eigenvalue weighted by Crippen LogP contribution is -2.59. The number of hydrogen-bond acceptors (Lipinski definition) is 7. The van der Waals surface area contributed by atoms with Crippen molar-refractivity contribution in [3.8, 4) is 0 Å². The quantitative estimate of drug-likeness (QED) is 0.174. The number of benzene rings is 1. The number of hydrogen-bond donors (Lipinski definition) is 3. The Kier molecular flexibility index (Phi) is 10.6. The molecule has 45 heavy (non-hydrogen) atoms. The number of likely N-dealkylation sites (tertiary alicyclic amines) is 1. The molecule has 5 atom stereocenters. The van der Waals surface area contributed by atoms with Crippen molar-refractivity contribution in [1.29, 1.82) is 0 Å². The van der Waals surface area contributed by atoms with Crippen LogP contribution in [0.15, 0.2) is 48.1 Å². The van der Waals surface area contributed by atoms with E-state index in [-0.39, 0.29) is 37.3 Å². The van der Waals surface area contributed by atoms with E-state index in [0.29, 0.717) is 6.42 Å². The van der Waals surface area contributed by atoms with Crippen molar-refractivity contribution < 1.29 is 33.9 Å². The molecule has 1 aromatic carbocycles. The summed E-state index contributed by atoms with van der Waals surface area (Å²) >= 11 is 0. The highest BCUT2D eigenvalue weighted by molar-refractivity contribution is 6.01. The summed E-state index contributed by atoms with van der Waals surface area (Å²) < 4.78 is 5.59. The maximum atomic E-state index is 14.2. The van der Waals surface area contributed by atoms with Crippen LogP contribution in [0.2, 0.25) is 0 Å². The minimum Gasteiger partial charge on any atom is -0.479 e. The number of carbonyl (C=O) groups excluding carboxylic acids is 3. The number of ether oxygens (including phenoxy) is 1. The first-order chi connectivity index (χ1) is 21.3. The van der Waals surface area contributed by atoms with Crippen LogP contribution in [0, 0.1) is 17.3 Å². The first-order valence-electron chi connectivity index (χ1n) is 16.0. The molecule has 2 aliphatic carbocycles. The van der Waals surface area contributed by atoms with Crippen molar-refractivity contribution in [2.45, 2.75) is 109 Å². The van der Waals surface area contributed by atoms with Gasteiger partial charge in [0.05, 0.1) is 12.3 Å². The minimum atomic E-state index is -1.41. The number of nitrogens with one attached hydrogen (secondary N) is 2. The molecule has 3 fully saturated rings. The van der Waals surface area contributed by atoms with Crippen LogP contribution < -0.4 is 10.6 Å². The number of allylic oxidation sites excluding steroid dienone is 1. The molecule has 1 heterocycles. The van der Waals surface area contributed by atoms with E-state index < -0.39 is 53.0 Å². The zero-order valence-electron chi connectivity index (χ0n) is 27.1. The Balaban J connectivity index is 1.58. The summed E-state index contributed by atoms with van der Waals surface area (Å²) in [5.41, 5.74) is -0.520. The summed E-state index contributed by atoms with van der Waals surface area (Å²) in [6.45, 7) is 13.2. The molecule has 1 saturated heterocycles. The van der Waals surface area contributed by atoms with Gasteiger partial charge in [-0.15, -0.1) is 6.58 Å². The molecule has 3 aliphatic rings. The molecular formula is C34H48N4O7. The summed E-state index contributed by atoms with van der Waals surface area (Å²) in [7, 11) is 0. The highest BCUT2D eigenvalue weighted by atomic mass is 16.6. The second-order valence-corrected chi connectivity index (χ2v) is 13.9. The molecule has 1 aliphatic heterocycles. The molecule has 4 rings (SSSR count). The second kappa shape index (κ2) is 14.0. The van der Waals surface area contributed by atoms with Crippen molar-refractivity contribution in [3.63, 3.8) is 0 Å². The summed E-state index contributed by atoms with van der Waals surface area (Å²) in [5, 5.41) is 20.0. The fraction of sp³-hybridized carbons (Fsp3) is 0.618. The fourth-order valence-electron chi connectivity index (χ4n) is 6.31. The number of oxime groups is 1. The number of nitrogens with zero attached hydrogens (tertiary/aromatic N) is 2. The van der Waals surface area contributed by atoms with Gasteiger partial charge >= 0.3 is 12.1 Å². The number of amides is 3. The minimum absolute atomic E-state index is 0.0304. The average molecular weight is 625 g/mol. The predicted octanol–water partition coefficient (Wildman–Crippen LogP) is 4.65. The molecule has 3 N–H and O–H groups in total. The molecule has 0 bridgehead atoms. The zero-order chi connectivity index (χ0) is 32.9. The lowest BCUT2D eigenvalue weighted by atomic mass is 9.85.